The van der Waals surface area contributed by atoms with Crippen LogP contribution < -0.4 is 20.1 Å². The highest BCUT2D eigenvalue weighted by Crippen LogP contribution is 2.36. The number of carbonyl (C=O) groups excluding carboxylic acids is 1. The van der Waals surface area contributed by atoms with Crippen LogP contribution in [-0.2, 0) is 4.74 Å². The topological polar surface area (TPSA) is 68.8 Å². The van der Waals surface area contributed by atoms with Gasteiger partial charge in [-0.25, -0.2) is 4.79 Å². The second-order valence-corrected chi connectivity index (χ2v) is 8.10. The largest absolute Gasteiger partial charge is 0.497 e. The highest BCUT2D eigenvalue weighted by atomic mass is 32.1. The molecular formula is C23H24N2O4S2. The molecule has 0 saturated heterocycles. The van der Waals surface area contributed by atoms with E-state index in [9.17, 15) is 4.79 Å². The van der Waals surface area contributed by atoms with Gasteiger partial charge in [0.05, 0.1) is 32.9 Å². The first kappa shape index (κ1) is 22.6. The van der Waals surface area contributed by atoms with E-state index in [1.165, 1.54) is 18.4 Å². The van der Waals surface area contributed by atoms with Crippen LogP contribution in [-0.4, -0.2) is 32.4 Å². The molecule has 6 nitrogen and oxygen atoms in total. The van der Waals surface area contributed by atoms with Gasteiger partial charge in [0.1, 0.15) is 16.5 Å². The highest BCUT2D eigenvalue weighted by molar-refractivity contribution is 7.80. The number of anilines is 1. The number of thiophene rings is 1. The Hall–Kier alpha value is -3.10. The summed E-state index contributed by atoms with van der Waals surface area (Å²) in [5.41, 5.74) is 2.34. The second kappa shape index (κ2) is 10.3. The van der Waals surface area contributed by atoms with Crippen molar-refractivity contribution in [2.45, 2.75) is 13.0 Å². The Labute approximate surface area is 191 Å². The fraction of sp³-hybridized carbons (Fsp3) is 0.217. The van der Waals surface area contributed by atoms with Crippen molar-refractivity contribution in [1.29, 1.82) is 0 Å². The van der Waals surface area contributed by atoms with Gasteiger partial charge < -0.3 is 24.8 Å². The van der Waals surface area contributed by atoms with Crippen molar-refractivity contribution in [3.05, 3.63) is 65.7 Å². The lowest BCUT2D eigenvalue weighted by molar-refractivity contribution is 0.0602. The molecule has 162 valence electrons. The quantitative estimate of drug-likeness (QED) is 0.371. The molecule has 0 spiro atoms. The van der Waals surface area contributed by atoms with E-state index >= 15 is 0 Å². The predicted octanol–water partition coefficient (Wildman–Crippen LogP) is 5.27. The highest BCUT2D eigenvalue weighted by Gasteiger charge is 2.20. The van der Waals surface area contributed by atoms with Crippen molar-refractivity contribution in [1.82, 2.24) is 5.32 Å². The maximum Gasteiger partial charge on any atom is 0.340 e. The van der Waals surface area contributed by atoms with Crippen molar-refractivity contribution >= 4 is 39.6 Å². The van der Waals surface area contributed by atoms with Gasteiger partial charge in [-0.15, -0.1) is 11.3 Å². The van der Waals surface area contributed by atoms with Crippen LogP contribution in [0.15, 0.2) is 54.6 Å². The Kier molecular flexibility index (Phi) is 7.49. The van der Waals surface area contributed by atoms with Crippen molar-refractivity contribution in [3.63, 3.8) is 0 Å². The summed E-state index contributed by atoms with van der Waals surface area (Å²) >= 11 is 6.96. The first-order chi connectivity index (χ1) is 15.0. The summed E-state index contributed by atoms with van der Waals surface area (Å²) in [4.78, 5) is 13.2. The van der Waals surface area contributed by atoms with Crippen LogP contribution in [0.4, 0.5) is 5.00 Å². The van der Waals surface area contributed by atoms with Crippen LogP contribution in [0.5, 0.6) is 11.5 Å². The zero-order valence-corrected chi connectivity index (χ0v) is 19.4. The van der Waals surface area contributed by atoms with E-state index in [-0.39, 0.29) is 6.04 Å². The molecule has 8 heteroatoms. The summed E-state index contributed by atoms with van der Waals surface area (Å²) in [7, 11) is 4.60. The van der Waals surface area contributed by atoms with Crippen molar-refractivity contribution in [2.75, 3.05) is 26.6 Å². The molecule has 0 radical (unpaired) electrons. The minimum absolute atomic E-state index is 0.166. The zero-order valence-electron chi connectivity index (χ0n) is 17.7. The van der Waals surface area contributed by atoms with Gasteiger partial charge in [-0.2, -0.15) is 0 Å². The molecule has 1 heterocycles. The summed E-state index contributed by atoms with van der Waals surface area (Å²) in [6.45, 7) is 1.97. The molecule has 0 bridgehead atoms. The van der Waals surface area contributed by atoms with Gasteiger partial charge in [0.15, 0.2) is 5.11 Å². The minimum Gasteiger partial charge on any atom is -0.497 e. The average molecular weight is 457 g/mol. The number of carbonyl (C=O) groups is 1. The molecule has 31 heavy (non-hydrogen) atoms. The third kappa shape index (κ3) is 5.34. The van der Waals surface area contributed by atoms with Crippen LogP contribution >= 0.6 is 23.6 Å². The van der Waals surface area contributed by atoms with E-state index in [1.807, 2.05) is 61.5 Å². The first-order valence-electron chi connectivity index (χ1n) is 9.53. The Morgan fingerprint density at radius 3 is 2.42 bits per heavy atom. The molecule has 3 aromatic rings. The maximum absolute atomic E-state index is 12.3. The molecule has 0 unspecified atom stereocenters. The van der Waals surface area contributed by atoms with Crippen LogP contribution in [0.25, 0.3) is 10.4 Å². The van der Waals surface area contributed by atoms with Gasteiger partial charge in [-0.1, -0.05) is 30.3 Å². The second-order valence-electron chi connectivity index (χ2n) is 6.64. The van der Waals surface area contributed by atoms with Gasteiger partial charge in [-0.05, 0) is 49.0 Å². The number of esters is 1. The lowest BCUT2D eigenvalue weighted by atomic mass is 10.1. The molecular weight excluding hydrogens is 432 g/mol. The molecule has 2 N–H and O–H groups in total. The number of ether oxygens (including phenoxy) is 3. The lowest BCUT2D eigenvalue weighted by Crippen LogP contribution is -2.31. The first-order valence-corrected chi connectivity index (χ1v) is 10.8. The number of thiocarbonyl (C=S) groups is 1. The van der Waals surface area contributed by atoms with Crippen molar-refractivity contribution in [3.8, 4) is 21.9 Å². The monoisotopic (exact) mass is 456 g/mol. The van der Waals surface area contributed by atoms with E-state index in [1.54, 1.807) is 14.2 Å². The number of benzene rings is 2. The average Bonchev–Trinajstić information content (AvgIpc) is 3.22. The zero-order chi connectivity index (χ0) is 22.4. The molecule has 0 aliphatic carbocycles. The minimum atomic E-state index is -0.425. The van der Waals surface area contributed by atoms with Crippen LogP contribution in [0.3, 0.4) is 0 Å². The van der Waals surface area contributed by atoms with Crippen LogP contribution in [0.1, 0.15) is 28.9 Å². The summed E-state index contributed by atoms with van der Waals surface area (Å²) < 4.78 is 15.7. The van der Waals surface area contributed by atoms with E-state index in [0.717, 1.165) is 27.5 Å². The van der Waals surface area contributed by atoms with Crippen molar-refractivity contribution < 1.29 is 19.0 Å². The predicted molar refractivity (Wildman–Crippen MR) is 128 cm³/mol. The Morgan fingerprint density at radius 1 is 1.03 bits per heavy atom. The summed E-state index contributed by atoms with van der Waals surface area (Å²) in [5, 5.41) is 7.39. The summed E-state index contributed by atoms with van der Waals surface area (Å²) in [5.74, 6) is 1.02. The van der Waals surface area contributed by atoms with E-state index in [2.05, 4.69) is 10.6 Å². The number of methoxy groups -OCH3 is 3. The molecule has 3 rings (SSSR count). The molecule has 1 atom stereocenters. The standard InChI is InChI=1S/C23H24N2O4S2/c1-14(17-12-16(27-2)10-11-19(17)28-3)24-23(30)25-21-18(22(26)29-4)13-20(31-21)15-8-6-5-7-9-15/h5-14H,1-4H3,(H2,24,25,30)/t14-/m1/s1. The van der Waals surface area contributed by atoms with Gasteiger partial charge in [0.25, 0.3) is 0 Å². The Balaban J connectivity index is 1.81. The van der Waals surface area contributed by atoms with E-state index < -0.39 is 5.97 Å². The molecule has 0 aliphatic rings. The Morgan fingerprint density at radius 2 is 1.77 bits per heavy atom. The number of nitrogens with one attached hydrogen (secondary N) is 2. The van der Waals surface area contributed by atoms with Crippen LogP contribution in [0.2, 0.25) is 0 Å². The van der Waals surface area contributed by atoms with E-state index in [4.69, 9.17) is 26.4 Å². The molecule has 2 aromatic carbocycles. The fourth-order valence-electron chi connectivity index (χ4n) is 3.08. The van der Waals surface area contributed by atoms with Gasteiger partial charge >= 0.3 is 5.97 Å². The van der Waals surface area contributed by atoms with Gasteiger partial charge in [-0.3, -0.25) is 0 Å². The number of hydrogen-bond acceptors (Lipinski definition) is 6. The van der Waals surface area contributed by atoms with E-state index in [0.29, 0.717) is 15.7 Å². The Bertz CT molecular complexity index is 1070. The fourth-order valence-corrected chi connectivity index (χ4v) is 4.48. The third-order valence-corrected chi connectivity index (χ3v) is 5.99. The normalized spacial score (nSPS) is 11.4. The smallest absolute Gasteiger partial charge is 0.340 e. The number of hydrogen-bond donors (Lipinski definition) is 2. The van der Waals surface area contributed by atoms with Gasteiger partial charge in [0, 0.05) is 10.4 Å². The van der Waals surface area contributed by atoms with Gasteiger partial charge in [0.2, 0.25) is 0 Å². The number of rotatable bonds is 7. The molecule has 1 aromatic heterocycles. The maximum atomic E-state index is 12.3. The summed E-state index contributed by atoms with van der Waals surface area (Å²) in [6, 6.07) is 17.1. The van der Waals surface area contributed by atoms with Crippen molar-refractivity contribution in [2.24, 2.45) is 0 Å². The lowest BCUT2D eigenvalue weighted by Gasteiger charge is -2.20. The molecule has 0 amide bonds. The SMILES string of the molecule is COC(=O)c1cc(-c2ccccc2)sc1NC(=S)N[C@H](C)c1cc(OC)ccc1OC. The molecule has 0 fully saturated rings. The van der Waals surface area contributed by atoms with Crippen LogP contribution in [0, 0.1) is 0 Å². The molecule has 0 aliphatic heterocycles. The molecule has 0 saturated carbocycles. The third-order valence-electron chi connectivity index (χ3n) is 4.67. The summed E-state index contributed by atoms with van der Waals surface area (Å²) in [6.07, 6.45) is 0.